The molecule has 0 amide bonds. The topological polar surface area (TPSA) is 41.6 Å². The molecule has 1 aromatic carbocycles. The van der Waals surface area contributed by atoms with Gasteiger partial charge in [0.25, 0.3) is 0 Å². The largest absolute Gasteiger partial charge is 0.304 e. The SMILES string of the molecule is CCCCC(CC#N)c1nccn1-c1ccccc1. The summed E-state index contributed by atoms with van der Waals surface area (Å²) in [6.45, 7) is 2.17. The van der Waals surface area contributed by atoms with E-state index in [2.05, 4.69) is 34.7 Å². The van der Waals surface area contributed by atoms with Gasteiger partial charge in [0.15, 0.2) is 0 Å². The van der Waals surface area contributed by atoms with Gasteiger partial charge in [-0.05, 0) is 18.6 Å². The third-order valence-electron chi connectivity index (χ3n) is 3.31. The molecule has 1 heterocycles. The first-order valence-corrected chi connectivity index (χ1v) is 6.82. The average molecular weight is 253 g/mol. The number of aromatic nitrogens is 2. The van der Waals surface area contributed by atoms with Crippen molar-refractivity contribution in [2.45, 2.75) is 38.5 Å². The number of rotatable bonds is 6. The molecule has 1 aromatic heterocycles. The lowest BCUT2D eigenvalue weighted by Gasteiger charge is -2.15. The third kappa shape index (κ3) is 3.23. The Morgan fingerprint density at radius 3 is 2.79 bits per heavy atom. The molecule has 0 aliphatic rings. The van der Waals surface area contributed by atoms with Gasteiger partial charge in [-0.1, -0.05) is 38.0 Å². The maximum atomic E-state index is 9.01. The smallest absolute Gasteiger partial charge is 0.117 e. The van der Waals surface area contributed by atoms with Gasteiger partial charge < -0.3 is 4.57 Å². The van der Waals surface area contributed by atoms with E-state index in [1.165, 1.54) is 0 Å². The summed E-state index contributed by atoms with van der Waals surface area (Å²) in [6.07, 6.45) is 7.62. The predicted molar refractivity (Wildman–Crippen MR) is 76.1 cm³/mol. The minimum atomic E-state index is 0.222. The molecule has 3 nitrogen and oxygen atoms in total. The molecule has 19 heavy (non-hydrogen) atoms. The summed E-state index contributed by atoms with van der Waals surface area (Å²) in [7, 11) is 0. The lowest BCUT2D eigenvalue weighted by molar-refractivity contribution is 0.559. The summed E-state index contributed by atoms with van der Waals surface area (Å²) in [4.78, 5) is 4.48. The second kappa shape index (κ2) is 6.75. The van der Waals surface area contributed by atoms with Gasteiger partial charge >= 0.3 is 0 Å². The number of imidazole rings is 1. The van der Waals surface area contributed by atoms with Crippen LogP contribution in [0.2, 0.25) is 0 Å². The fraction of sp³-hybridized carbons (Fsp3) is 0.375. The van der Waals surface area contributed by atoms with Crippen LogP contribution < -0.4 is 0 Å². The Balaban J connectivity index is 2.29. The molecule has 0 aliphatic heterocycles. The van der Waals surface area contributed by atoms with Gasteiger partial charge in [-0.15, -0.1) is 0 Å². The summed E-state index contributed by atoms with van der Waals surface area (Å²) in [5.41, 5.74) is 1.11. The molecule has 0 fully saturated rings. The molecule has 0 N–H and O–H groups in total. The number of nitriles is 1. The first-order chi connectivity index (χ1) is 9.36. The van der Waals surface area contributed by atoms with E-state index >= 15 is 0 Å². The summed E-state index contributed by atoms with van der Waals surface area (Å²) >= 11 is 0. The Morgan fingerprint density at radius 1 is 1.32 bits per heavy atom. The normalized spacial score (nSPS) is 12.0. The standard InChI is InChI=1S/C16H19N3/c1-2-3-7-14(10-11-17)16-18-12-13-19(16)15-8-5-4-6-9-15/h4-6,8-9,12-14H,2-3,7,10H2,1H3. The van der Waals surface area contributed by atoms with Crippen LogP contribution in [0, 0.1) is 11.3 Å². The van der Waals surface area contributed by atoms with Crippen LogP contribution in [0.15, 0.2) is 42.7 Å². The molecule has 0 aliphatic carbocycles. The summed E-state index contributed by atoms with van der Waals surface area (Å²) in [5.74, 6) is 1.22. The van der Waals surface area contributed by atoms with Gasteiger partial charge in [0.2, 0.25) is 0 Å². The minimum absolute atomic E-state index is 0.222. The fourth-order valence-corrected chi connectivity index (χ4v) is 2.31. The fourth-order valence-electron chi connectivity index (χ4n) is 2.31. The van der Waals surface area contributed by atoms with E-state index in [9.17, 15) is 0 Å². The third-order valence-corrected chi connectivity index (χ3v) is 3.31. The molecule has 0 spiro atoms. The van der Waals surface area contributed by atoms with Gasteiger partial charge in [0.05, 0.1) is 6.07 Å². The van der Waals surface area contributed by atoms with Crippen LogP contribution in [0.5, 0.6) is 0 Å². The van der Waals surface area contributed by atoms with Crippen molar-refractivity contribution < 1.29 is 0 Å². The highest BCUT2D eigenvalue weighted by atomic mass is 15.1. The number of hydrogen-bond acceptors (Lipinski definition) is 2. The first-order valence-electron chi connectivity index (χ1n) is 6.82. The number of nitrogens with zero attached hydrogens (tertiary/aromatic N) is 3. The van der Waals surface area contributed by atoms with E-state index in [-0.39, 0.29) is 5.92 Å². The number of hydrogen-bond donors (Lipinski definition) is 0. The maximum Gasteiger partial charge on any atom is 0.117 e. The Bertz CT molecular complexity index is 537. The van der Waals surface area contributed by atoms with Crippen molar-refractivity contribution in [1.29, 1.82) is 5.26 Å². The summed E-state index contributed by atoms with van der Waals surface area (Å²) in [5, 5.41) is 9.01. The van der Waals surface area contributed by atoms with Gasteiger partial charge in [0, 0.05) is 30.4 Å². The Labute approximate surface area is 114 Å². The molecule has 2 aromatic rings. The second-order valence-corrected chi connectivity index (χ2v) is 4.69. The molecule has 0 saturated heterocycles. The number of unbranched alkanes of at least 4 members (excludes halogenated alkanes) is 1. The Hall–Kier alpha value is -2.08. The molecule has 1 atom stereocenters. The van der Waals surface area contributed by atoms with E-state index in [0.717, 1.165) is 30.8 Å². The highest BCUT2D eigenvalue weighted by Gasteiger charge is 2.17. The van der Waals surface area contributed by atoms with Crippen LogP contribution in [0.4, 0.5) is 0 Å². The van der Waals surface area contributed by atoms with Crippen molar-refractivity contribution in [1.82, 2.24) is 9.55 Å². The van der Waals surface area contributed by atoms with Crippen LogP contribution >= 0.6 is 0 Å². The summed E-state index contributed by atoms with van der Waals surface area (Å²) in [6, 6.07) is 12.5. The lowest BCUT2D eigenvalue weighted by Crippen LogP contribution is -2.07. The van der Waals surface area contributed by atoms with Crippen LogP contribution in [0.25, 0.3) is 5.69 Å². The van der Waals surface area contributed by atoms with Gasteiger partial charge in [-0.3, -0.25) is 0 Å². The monoisotopic (exact) mass is 253 g/mol. The summed E-state index contributed by atoms with van der Waals surface area (Å²) < 4.78 is 2.09. The molecule has 0 radical (unpaired) electrons. The van der Waals surface area contributed by atoms with Crippen LogP contribution in [0.3, 0.4) is 0 Å². The molecular formula is C16H19N3. The molecule has 98 valence electrons. The van der Waals surface area contributed by atoms with Gasteiger partial charge in [-0.25, -0.2) is 4.98 Å². The van der Waals surface area contributed by atoms with Gasteiger partial charge in [-0.2, -0.15) is 5.26 Å². The van der Waals surface area contributed by atoms with E-state index in [1.807, 2.05) is 30.6 Å². The Morgan fingerprint density at radius 2 is 2.11 bits per heavy atom. The molecule has 2 rings (SSSR count). The Kier molecular flexibility index (Phi) is 4.74. The van der Waals surface area contributed by atoms with Crippen molar-refractivity contribution >= 4 is 0 Å². The van der Waals surface area contributed by atoms with Gasteiger partial charge in [0.1, 0.15) is 5.82 Å². The quantitative estimate of drug-likeness (QED) is 0.779. The van der Waals surface area contributed by atoms with E-state index in [4.69, 9.17) is 5.26 Å². The predicted octanol–water partition coefficient (Wildman–Crippen LogP) is 4.06. The van der Waals surface area contributed by atoms with E-state index in [0.29, 0.717) is 6.42 Å². The van der Waals surface area contributed by atoms with Crippen molar-refractivity contribution in [2.75, 3.05) is 0 Å². The average Bonchev–Trinajstić information content (AvgIpc) is 2.93. The molecular weight excluding hydrogens is 234 g/mol. The zero-order chi connectivity index (χ0) is 13.5. The van der Waals surface area contributed by atoms with Crippen molar-refractivity contribution in [3.05, 3.63) is 48.5 Å². The molecule has 3 heteroatoms. The molecule has 1 unspecified atom stereocenters. The zero-order valence-corrected chi connectivity index (χ0v) is 11.3. The highest BCUT2D eigenvalue weighted by Crippen LogP contribution is 2.26. The van der Waals surface area contributed by atoms with Crippen LogP contribution in [-0.4, -0.2) is 9.55 Å². The molecule has 0 saturated carbocycles. The van der Waals surface area contributed by atoms with E-state index < -0.39 is 0 Å². The second-order valence-electron chi connectivity index (χ2n) is 4.69. The number of benzene rings is 1. The number of para-hydroxylation sites is 1. The lowest BCUT2D eigenvalue weighted by atomic mass is 9.98. The highest BCUT2D eigenvalue weighted by molar-refractivity contribution is 5.33. The maximum absolute atomic E-state index is 9.01. The zero-order valence-electron chi connectivity index (χ0n) is 11.3. The minimum Gasteiger partial charge on any atom is -0.304 e. The van der Waals surface area contributed by atoms with Crippen molar-refractivity contribution in [3.8, 4) is 11.8 Å². The molecule has 0 bridgehead atoms. The van der Waals surface area contributed by atoms with Crippen LogP contribution in [0.1, 0.15) is 44.3 Å². The van der Waals surface area contributed by atoms with E-state index in [1.54, 1.807) is 0 Å². The van der Waals surface area contributed by atoms with Crippen molar-refractivity contribution in [3.63, 3.8) is 0 Å². The first kappa shape index (κ1) is 13.4. The van der Waals surface area contributed by atoms with Crippen molar-refractivity contribution in [2.24, 2.45) is 0 Å². The van der Waals surface area contributed by atoms with Crippen LogP contribution in [-0.2, 0) is 0 Å².